The molecule has 0 saturated carbocycles. The van der Waals surface area contributed by atoms with Crippen LogP contribution < -0.4 is 5.73 Å². The van der Waals surface area contributed by atoms with Crippen LogP contribution in [0.4, 0.5) is 0 Å². The van der Waals surface area contributed by atoms with Crippen LogP contribution in [0.1, 0.15) is 28.4 Å². The molecular weight excluding hydrogens is 198 g/mol. The molecule has 2 N–H and O–H groups in total. The second kappa shape index (κ2) is 4.10. The van der Waals surface area contributed by atoms with Gasteiger partial charge in [-0.05, 0) is 31.0 Å². The predicted molar refractivity (Wildman–Crippen MR) is 65.2 cm³/mol. The van der Waals surface area contributed by atoms with Crippen molar-refractivity contribution in [2.45, 2.75) is 19.9 Å². The summed E-state index contributed by atoms with van der Waals surface area (Å²) in [6, 6.07) is 8.22. The van der Waals surface area contributed by atoms with E-state index >= 15 is 0 Å². The first-order chi connectivity index (χ1) is 7.59. The van der Waals surface area contributed by atoms with Crippen LogP contribution in [0.25, 0.3) is 0 Å². The summed E-state index contributed by atoms with van der Waals surface area (Å²) in [4.78, 5) is 0. The van der Waals surface area contributed by atoms with Crippen LogP contribution in [0.5, 0.6) is 0 Å². The Morgan fingerprint density at radius 3 is 2.62 bits per heavy atom. The van der Waals surface area contributed by atoms with E-state index in [0.717, 1.165) is 5.69 Å². The van der Waals surface area contributed by atoms with Gasteiger partial charge in [-0.3, -0.25) is 4.68 Å². The van der Waals surface area contributed by atoms with Crippen LogP contribution in [-0.4, -0.2) is 9.78 Å². The second-order valence-corrected chi connectivity index (χ2v) is 4.22. The summed E-state index contributed by atoms with van der Waals surface area (Å²) in [6.07, 6.45) is 1.78. The normalized spacial score (nSPS) is 12.8. The smallest absolute Gasteiger partial charge is 0.0725 e. The number of benzene rings is 1. The van der Waals surface area contributed by atoms with Crippen molar-refractivity contribution in [3.8, 4) is 0 Å². The molecule has 0 spiro atoms. The fourth-order valence-electron chi connectivity index (χ4n) is 1.94. The van der Waals surface area contributed by atoms with Gasteiger partial charge in [0.1, 0.15) is 0 Å². The molecule has 16 heavy (non-hydrogen) atoms. The van der Waals surface area contributed by atoms with E-state index in [4.69, 9.17) is 5.73 Å². The van der Waals surface area contributed by atoms with Gasteiger partial charge < -0.3 is 5.73 Å². The average molecular weight is 215 g/mol. The molecule has 0 aliphatic carbocycles. The van der Waals surface area contributed by atoms with Crippen LogP contribution in [0.2, 0.25) is 0 Å². The Balaban J connectivity index is 2.45. The van der Waals surface area contributed by atoms with E-state index < -0.39 is 0 Å². The molecular formula is C13H17N3. The number of aryl methyl sites for hydroxylation is 3. The van der Waals surface area contributed by atoms with Crippen molar-refractivity contribution in [2.75, 3.05) is 0 Å². The molecule has 1 atom stereocenters. The van der Waals surface area contributed by atoms with Gasteiger partial charge in [0.2, 0.25) is 0 Å². The molecule has 0 aliphatic rings. The van der Waals surface area contributed by atoms with Crippen molar-refractivity contribution in [3.63, 3.8) is 0 Å². The van der Waals surface area contributed by atoms with E-state index in [1.807, 2.05) is 17.8 Å². The zero-order valence-corrected chi connectivity index (χ0v) is 9.94. The van der Waals surface area contributed by atoms with Crippen LogP contribution in [0.15, 0.2) is 30.5 Å². The van der Waals surface area contributed by atoms with Crippen molar-refractivity contribution >= 4 is 0 Å². The topological polar surface area (TPSA) is 43.8 Å². The largest absolute Gasteiger partial charge is 0.319 e. The maximum Gasteiger partial charge on any atom is 0.0725 e. The molecule has 3 nitrogen and oxygen atoms in total. The summed E-state index contributed by atoms with van der Waals surface area (Å²) in [5.74, 6) is 0. The lowest BCUT2D eigenvalue weighted by molar-refractivity contribution is 0.671. The monoisotopic (exact) mass is 215 g/mol. The van der Waals surface area contributed by atoms with Crippen molar-refractivity contribution in [2.24, 2.45) is 12.8 Å². The number of nitrogens with two attached hydrogens (primary N) is 1. The molecule has 2 rings (SSSR count). The predicted octanol–water partition coefficient (Wildman–Crippen LogP) is 2.09. The van der Waals surface area contributed by atoms with Gasteiger partial charge in [0.05, 0.1) is 11.7 Å². The summed E-state index contributed by atoms with van der Waals surface area (Å²) in [5, 5.41) is 4.15. The third-order valence-electron chi connectivity index (χ3n) is 2.95. The summed E-state index contributed by atoms with van der Waals surface area (Å²) in [5.41, 5.74) is 10.9. The standard InChI is InChI=1S/C13H17N3/c1-9-4-5-10(2)11(8-9)13(14)12-6-7-15-16(12)3/h4-8,13H,14H2,1-3H3. The third-order valence-corrected chi connectivity index (χ3v) is 2.95. The van der Waals surface area contributed by atoms with Crippen LogP contribution in [-0.2, 0) is 7.05 Å². The molecule has 0 radical (unpaired) electrons. The highest BCUT2D eigenvalue weighted by Crippen LogP contribution is 2.22. The lowest BCUT2D eigenvalue weighted by Crippen LogP contribution is -2.17. The fraction of sp³-hybridized carbons (Fsp3) is 0.308. The lowest BCUT2D eigenvalue weighted by Gasteiger charge is -2.15. The first kappa shape index (κ1) is 10.9. The Hall–Kier alpha value is -1.61. The number of rotatable bonds is 2. The Morgan fingerprint density at radius 1 is 1.25 bits per heavy atom. The van der Waals surface area contributed by atoms with E-state index in [0.29, 0.717) is 0 Å². The molecule has 0 amide bonds. The van der Waals surface area contributed by atoms with E-state index in [1.165, 1.54) is 16.7 Å². The SMILES string of the molecule is Cc1ccc(C)c(C(N)c2ccnn2C)c1. The number of aromatic nitrogens is 2. The molecule has 0 bridgehead atoms. The van der Waals surface area contributed by atoms with Gasteiger partial charge >= 0.3 is 0 Å². The number of nitrogens with zero attached hydrogens (tertiary/aromatic N) is 2. The number of hydrogen-bond acceptors (Lipinski definition) is 2. The van der Waals surface area contributed by atoms with Crippen LogP contribution in [0, 0.1) is 13.8 Å². The highest BCUT2D eigenvalue weighted by molar-refractivity contribution is 5.36. The summed E-state index contributed by atoms with van der Waals surface area (Å²) >= 11 is 0. The highest BCUT2D eigenvalue weighted by atomic mass is 15.3. The van der Waals surface area contributed by atoms with Gasteiger partial charge in [0.25, 0.3) is 0 Å². The Kier molecular flexibility index (Phi) is 2.79. The number of hydrogen-bond donors (Lipinski definition) is 1. The zero-order valence-electron chi connectivity index (χ0n) is 9.94. The molecule has 0 fully saturated rings. The maximum absolute atomic E-state index is 6.27. The summed E-state index contributed by atoms with van der Waals surface area (Å²) in [6.45, 7) is 4.17. The highest BCUT2D eigenvalue weighted by Gasteiger charge is 2.14. The molecule has 0 aliphatic heterocycles. The van der Waals surface area contributed by atoms with Gasteiger partial charge in [-0.25, -0.2) is 0 Å². The minimum absolute atomic E-state index is 0.104. The Morgan fingerprint density at radius 2 is 2.00 bits per heavy atom. The molecule has 1 aromatic carbocycles. The van der Waals surface area contributed by atoms with Gasteiger partial charge in [-0.15, -0.1) is 0 Å². The molecule has 1 aromatic heterocycles. The molecule has 1 unspecified atom stereocenters. The van der Waals surface area contributed by atoms with Gasteiger partial charge in [-0.2, -0.15) is 5.10 Å². The molecule has 3 heteroatoms. The van der Waals surface area contributed by atoms with E-state index in [1.54, 1.807) is 6.20 Å². The Bertz CT molecular complexity index is 500. The molecule has 1 heterocycles. The van der Waals surface area contributed by atoms with Crippen molar-refractivity contribution < 1.29 is 0 Å². The van der Waals surface area contributed by atoms with Crippen LogP contribution >= 0.6 is 0 Å². The van der Waals surface area contributed by atoms with Gasteiger partial charge in [0.15, 0.2) is 0 Å². The Labute approximate surface area is 95.9 Å². The van der Waals surface area contributed by atoms with Gasteiger partial charge in [-0.1, -0.05) is 23.8 Å². The first-order valence-electron chi connectivity index (χ1n) is 5.40. The second-order valence-electron chi connectivity index (χ2n) is 4.22. The first-order valence-corrected chi connectivity index (χ1v) is 5.40. The van der Waals surface area contributed by atoms with Crippen molar-refractivity contribution in [1.29, 1.82) is 0 Å². The molecule has 0 saturated heterocycles. The van der Waals surface area contributed by atoms with Crippen molar-refractivity contribution in [1.82, 2.24) is 9.78 Å². The van der Waals surface area contributed by atoms with Gasteiger partial charge in [0, 0.05) is 13.2 Å². The quantitative estimate of drug-likeness (QED) is 0.833. The average Bonchev–Trinajstić information content (AvgIpc) is 2.67. The fourth-order valence-corrected chi connectivity index (χ4v) is 1.94. The third kappa shape index (κ3) is 1.86. The summed E-state index contributed by atoms with van der Waals surface area (Å²) < 4.78 is 1.83. The molecule has 2 aromatic rings. The zero-order chi connectivity index (χ0) is 11.7. The minimum Gasteiger partial charge on any atom is -0.319 e. The lowest BCUT2D eigenvalue weighted by atomic mass is 9.97. The molecule has 84 valence electrons. The van der Waals surface area contributed by atoms with Crippen LogP contribution in [0.3, 0.4) is 0 Å². The van der Waals surface area contributed by atoms with E-state index in [9.17, 15) is 0 Å². The van der Waals surface area contributed by atoms with Crippen molar-refractivity contribution in [3.05, 3.63) is 52.8 Å². The van der Waals surface area contributed by atoms with E-state index in [-0.39, 0.29) is 6.04 Å². The summed E-state index contributed by atoms with van der Waals surface area (Å²) in [7, 11) is 1.92. The minimum atomic E-state index is -0.104. The maximum atomic E-state index is 6.27. The van der Waals surface area contributed by atoms with E-state index in [2.05, 4.69) is 37.1 Å².